The van der Waals surface area contributed by atoms with Crippen LogP contribution in [0.5, 0.6) is 0 Å². The first kappa shape index (κ1) is 17.7. The molecule has 0 bridgehead atoms. The van der Waals surface area contributed by atoms with Crippen molar-refractivity contribution in [3.63, 3.8) is 0 Å². The van der Waals surface area contributed by atoms with Crippen molar-refractivity contribution >= 4 is 34.9 Å². The summed E-state index contributed by atoms with van der Waals surface area (Å²) in [5, 5.41) is 5.22. The zero-order valence-corrected chi connectivity index (χ0v) is 15.3. The van der Waals surface area contributed by atoms with Gasteiger partial charge in [0.25, 0.3) is 0 Å². The molecule has 0 aromatic carbocycles. The summed E-state index contributed by atoms with van der Waals surface area (Å²) in [4.78, 5) is 29.6. The summed E-state index contributed by atoms with van der Waals surface area (Å²) in [6, 6.07) is 3.57. The van der Waals surface area contributed by atoms with Gasteiger partial charge in [-0.25, -0.2) is 4.79 Å². The zero-order valence-electron chi connectivity index (χ0n) is 13.8. The smallest absolute Gasteiger partial charge is 0.321 e. The molecule has 1 aromatic heterocycles. The normalized spacial score (nSPS) is 20.6. The molecule has 0 radical (unpaired) electrons. The molecule has 2 heterocycles. The molecule has 3 amide bonds. The van der Waals surface area contributed by atoms with E-state index in [1.807, 2.05) is 13.0 Å². The van der Waals surface area contributed by atoms with Crippen LogP contribution >= 0.6 is 22.9 Å². The molecule has 3 rings (SSSR count). The van der Waals surface area contributed by atoms with E-state index in [1.165, 1.54) is 4.88 Å². The molecular formula is C16H23ClN4O2S. The fourth-order valence-corrected chi connectivity index (χ4v) is 3.93. The molecule has 24 heavy (non-hydrogen) atoms. The molecule has 8 heteroatoms. The lowest BCUT2D eigenvalue weighted by Gasteiger charge is -2.37. The van der Waals surface area contributed by atoms with E-state index in [2.05, 4.69) is 26.5 Å². The van der Waals surface area contributed by atoms with Crippen LogP contribution in [-0.4, -0.2) is 60.0 Å². The second-order valence-electron chi connectivity index (χ2n) is 6.43. The van der Waals surface area contributed by atoms with Gasteiger partial charge in [0.15, 0.2) is 0 Å². The van der Waals surface area contributed by atoms with Gasteiger partial charge in [-0.05, 0) is 31.9 Å². The van der Waals surface area contributed by atoms with Crippen LogP contribution in [0.3, 0.4) is 0 Å². The Bertz CT molecular complexity index is 597. The minimum atomic E-state index is -0.373. The van der Waals surface area contributed by atoms with Crippen LogP contribution in [0.2, 0.25) is 4.34 Å². The monoisotopic (exact) mass is 370 g/mol. The van der Waals surface area contributed by atoms with Gasteiger partial charge in [-0.3, -0.25) is 19.9 Å². The Hall–Kier alpha value is -1.15. The summed E-state index contributed by atoms with van der Waals surface area (Å²) >= 11 is 7.58. The first-order chi connectivity index (χ1) is 11.5. The highest BCUT2D eigenvalue weighted by Crippen LogP contribution is 2.23. The number of nitrogens with one attached hydrogen (secondary N) is 2. The van der Waals surface area contributed by atoms with Gasteiger partial charge in [-0.15, -0.1) is 11.3 Å². The quantitative estimate of drug-likeness (QED) is 0.830. The maximum Gasteiger partial charge on any atom is 0.321 e. The van der Waals surface area contributed by atoms with Crippen molar-refractivity contribution in [3.8, 4) is 0 Å². The number of hydrogen-bond acceptors (Lipinski definition) is 5. The van der Waals surface area contributed by atoms with Gasteiger partial charge >= 0.3 is 6.03 Å². The molecule has 0 spiro atoms. The van der Waals surface area contributed by atoms with E-state index in [4.69, 9.17) is 11.6 Å². The summed E-state index contributed by atoms with van der Waals surface area (Å²) in [6.45, 7) is 6.20. The minimum Gasteiger partial charge on any atom is -0.335 e. The number of carbonyl (C=O) groups excluding carboxylic acids is 2. The van der Waals surface area contributed by atoms with Crippen LogP contribution in [0, 0.1) is 0 Å². The molecule has 1 aromatic rings. The number of halogens is 1. The molecule has 6 nitrogen and oxygen atoms in total. The molecule has 1 aliphatic carbocycles. The van der Waals surface area contributed by atoms with E-state index in [9.17, 15) is 9.59 Å². The van der Waals surface area contributed by atoms with Crippen LogP contribution in [0.1, 0.15) is 24.6 Å². The summed E-state index contributed by atoms with van der Waals surface area (Å²) in [5.41, 5.74) is 0. The molecule has 2 fully saturated rings. The Kier molecular flexibility index (Phi) is 5.76. The van der Waals surface area contributed by atoms with E-state index in [0.717, 1.165) is 49.9 Å². The highest BCUT2D eigenvalue weighted by Gasteiger charge is 2.28. The SMILES string of the molecule is C[C@H](C(=O)NC(=O)NC1CC1)N1CCN(Cc2ccc(Cl)s2)CC1. The Morgan fingerprint density at radius 3 is 2.58 bits per heavy atom. The summed E-state index contributed by atoms with van der Waals surface area (Å²) < 4.78 is 0.818. The molecule has 1 aliphatic heterocycles. The molecule has 1 saturated carbocycles. The van der Waals surface area contributed by atoms with Crippen LogP contribution in [0.4, 0.5) is 4.79 Å². The van der Waals surface area contributed by atoms with Crippen LogP contribution in [0.15, 0.2) is 12.1 Å². The van der Waals surface area contributed by atoms with E-state index in [0.29, 0.717) is 0 Å². The minimum absolute atomic E-state index is 0.230. The second kappa shape index (κ2) is 7.82. The highest BCUT2D eigenvalue weighted by molar-refractivity contribution is 7.16. The highest BCUT2D eigenvalue weighted by atomic mass is 35.5. The van der Waals surface area contributed by atoms with Crippen molar-refractivity contribution in [2.75, 3.05) is 26.2 Å². The van der Waals surface area contributed by atoms with Gasteiger partial charge in [0, 0.05) is 43.6 Å². The number of hydrogen-bond donors (Lipinski definition) is 2. The molecule has 0 unspecified atom stereocenters. The summed E-state index contributed by atoms with van der Waals surface area (Å²) in [6.07, 6.45) is 2.02. The number of piperazine rings is 1. The van der Waals surface area contributed by atoms with Crippen molar-refractivity contribution in [1.29, 1.82) is 0 Å². The predicted octanol–water partition coefficient (Wildman–Crippen LogP) is 1.90. The van der Waals surface area contributed by atoms with E-state index >= 15 is 0 Å². The number of thiophene rings is 1. The fourth-order valence-electron chi connectivity index (χ4n) is 2.80. The lowest BCUT2D eigenvalue weighted by molar-refractivity contribution is -0.125. The Morgan fingerprint density at radius 1 is 1.29 bits per heavy atom. The van der Waals surface area contributed by atoms with Crippen molar-refractivity contribution in [2.24, 2.45) is 0 Å². The molecular weight excluding hydrogens is 348 g/mol. The van der Waals surface area contributed by atoms with Crippen LogP contribution < -0.4 is 10.6 Å². The topological polar surface area (TPSA) is 64.7 Å². The molecule has 132 valence electrons. The van der Waals surface area contributed by atoms with Gasteiger partial charge in [-0.1, -0.05) is 11.6 Å². The number of carbonyl (C=O) groups is 2. The first-order valence-electron chi connectivity index (χ1n) is 8.33. The third-order valence-corrected chi connectivity index (χ3v) is 5.71. The van der Waals surface area contributed by atoms with Gasteiger partial charge in [0.05, 0.1) is 10.4 Å². The predicted molar refractivity (Wildman–Crippen MR) is 95.3 cm³/mol. The maximum absolute atomic E-state index is 12.2. The van der Waals surface area contributed by atoms with Gasteiger partial charge in [0.1, 0.15) is 0 Å². The van der Waals surface area contributed by atoms with Crippen molar-refractivity contribution < 1.29 is 9.59 Å². The number of rotatable bonds is 5. The maximum atomic E-state index is 12.2. The van der Waals surface area contributed by atoms with Crippen LogP contribution in [-0.2, 0) is 11.3 Å². The van der Waals surface area contributed by atoms with Gasteiger partial charge in [0.2, 0.25) is 5.91 Å². The van der Waals surface area contributed by atoms with Crippen molar-refractivity contribution in [1.82, 2.24) is 20.4 Å². The Labute approximate surface area is 151 Å². The fraction of sp³-hybridized carbons (Fsp3) is 0.625. The van der Waals surface area contributed by atoms with E-state index in [1.54, 1.807) is 11.3 Å². The Balaban J connectivity index is 1.41. The number of urea groups is 1. The van der Waals surface area contributed by atoms with Crippen LogP contribution in [0.25, 0.3) is 0 Å². The number of nitrogens with zero attached hydrogens (tertiary/aromatic N) is 2. The number of imide groups is 1. The molecule has 2 aliphatic rings. The average Bonchev–Trinajstić information content (AvgIpc) is 3.27. The number of amides is 3. The molecule has 1 atom stereocenters. The standard InChI is InChI=1S/C16H23ClN4O2S/c1-11(15(22)19-16(23)18-12-2-3-12)21-8-6-20(7-9-21)10-13-4-5-14(17)24-13/h4-5,11-12H,2-3,6-10H2,1H3,(H2,18,19,22,23)/t11-/m1/s1. The zero-order chi connectivity index (χ0) is 17.1. The lowest BCUT2D eigenvalue weighted by Crippen LogP contribution is -2.55. The lowest BCUT2D eigenvalue weighted by atomic mass is 10.2. The van der Waals surface area contributed by atoms with Crippen molar-refractivity contribution in [2.45, 2.75) is 38.4 Å². The van der Waals surface area contributed by atoms with Crippen molar-refractivity contribution in [3.05, 3.63) is 21.3 Å². The molecule has 2 N–H and O–H groups in total. The summed E-state index contributed by atoms with van der Waals surface area (Å²) in [5.74, 6) is -0.230. The van der Waals surface area contributed by atoms with E-state index < -0.39 is 0 Å². The average molecular weight is 371 g/mol. The largest absolute Gasteiger partial charge is 0.335 e. The first-order valence-corrected chi connectivity index (χ1v) is 9.52. The van der Waals surface area contributed by atoms with Gasteiger partial charge in [-0.2, -0.15) is 0 Å². The third kappa shape index (κ3) is 4.92. The third-order valence-electron chi connectivity index (χ3n) is 4.49. The van der Waals surface area contributed by atoms with E-state index in [-0.39, 0.29) is 24.0 Å². The Morgan fingerprint density at radius 2 is 2.00 bits per heavy atom. The van der Waals surface area contributed by atoms with Gasteiger partial charge < -0.3 is 5.32 Å². The second-order valence-corrected chi connectivity index (χ2v) is 8.23. The summed E-state index contributed by atoms with van der Waals surface area (Å²) in [7, 11) is 0. The molecule has 1 saturated heterocycles.